The molecule has 0 amide bonds. The molecule has 0 spiro atoms. The van der Waals surface area contributed by atoms with Crippen molar-refractivity contribution in [1.82, 2.24) is 14.8 Å². The first-order valence-electron chi connectivity index (χ1n) is 4.47. The van der Waals surface area contributed by atoms with Gasteiger partial charge in [-0.15, -0.1) is 0 Å². The van der Waals surface area contributed by atoms with Gasteiger partial charge in [0.25, 0.3) is 0 Å². The molecule has 6 heteroatoms. The number of hydrogen-bond acceptors (Lipinski definition) is 3. The molecule has 0 aromatic carbocycles. The minimum absolute atomic E-state index is 0.0288. The van der Waals surface area contributed by atoms with Gasteiger partial charge < -0.3 is 5.11 Å². The molecular weight excluding hydrogens is 213 g/mol. The molecule has 2 heterocycles. The molecule has 16 heavy (non-hydrogen) atoms. The fourth-order valence-corrected chi connectivity index (χ4v) is 1.34. The Kier molecular flexibility index (Phi) is 2.40. The Balaban J connectivity index is 2.49. The van der Waals surface area contributed by atoms with Crippen LogP contribution < -0.4 is 0 Å². The highest BCUT2D eigenvalue weighted by atomic mass is 19.1. The molecule has 0 unspecified atom stereocenters. The van der Waals surface area contributed by atoms with Crippen LogP contribution in [0.5, 0.6) is 0 Å². The van der Waals surface area contributed by atoms with Gasteiger partial charge in [0.05, 0.1) is 5.69 Å². The van der Waals surface area contributed by atoms with Gasteiger partial charge in [-0.25, -0.2) is 9.18 Å². The molecule has 0 aliphatic rings. The van der Waals surface area contributed by atoms with Crippen LogP contribution in [0, 0.1) is 5.82 Å². The summed E-state index contributed by atoms with van der Waals surface area (Å²) in [4.78, 5) is 14.7. The van der Waals surface area contributed by atoms with Crippen LogP contribution in [0.15, 0.2) is 24.4 Å². The van der Waals surface area contributed by atoms with Crippen LogP contribution in [0.2, 0.25) is 0 Å². The van der Waals surface area contributed by atoms with E-state index in [4.69, 9.17) is 5.11 Å². The molecule has 2 aromatic heterocycles. The number of hydrogen-bond donors (Lipinski definition) is 1. The second-order valence-electron chi connectivity index (χ2n) is 3.20. The molecule has 0 fully saturated rings. The Bertz CT molecular complexity index is 551. The van der Waals surface area contributed by atoms with E-state index in [0.29, 0.717) is 11.4 Å². The third-order valence-electron chi connectivity index (χ3n) is 2.08. The van der Waals surface area contributed by atoms with Crippen molar-refractivity contribution in [1.29, 1.82) is 0 Å². The number of carboxylic acids is 1. The number of carbonyl (C=O) groups is 1. The lowest BCUT2D eigenvalue weighted by atomic mass is 10.2. The van der Waals surface area contributed by atoms with E-state index in [0.717, 1.165) is 0 Å². The van der Waals surface area contributed by atoms with Crippen LogP contribution in [0.3, 0.4) is 0 Å². The van der Waals surface area contributed by atoms with E-state index in [1.54, 1.807) is 0 Å². The summed E-state index contributed by atoms with van der Waals surface area (Å²) < 4.78 is 14.1. The topological polar surface area (TPSA) is 68.0 Å². The molecule has 0 bridgehead atoms. The standard InChI is InChI=1S/C10H8FN3O2/c1-14-9(10(15)16)5-8(13-14)7-4-6(11)2-3-12-7/h2-5H,1H3,(H,15,16). The summed E-state index contributed by atoms with van der Waals surface area (Å²) in [5.74, 6) is -1.52. The lowest BCUT2D eigenvalue weighted by molar-refractivity contribution is 0.0685. The first kappa shape index (κ1) is 10.3. The number of aryl methyl sites for hydroxylation is 1. The van der Waals surface area contributed by atoms with Crippen molar-refractivity contribution in [3.05, 3.63) is 35.9 Å². The highest BCUT2D eigenvalue weighted by molar-refractivity contribution is 5.87. The Labute approximate surface area is 90.2 Å². The molecule has 1 N–H and O–H groups in total. The van der Waals surface area contributed by atoms with Gasteiger partial charge >= 0.3 is 5.97 Å². The Morgan fingerprint density at radius 2 is 2.19 bits per heavy atom. The number of halogens is 1. The Morgan fingerprint density at radius 1 is 1.44 bits per heavy atom. The first-order chi connectivity index (χ1) is 7.58. The zero-order valence-electron chi connectivity index (χ0n) is 8.38. The van der Waals surface area contributed by atoms with Crippen molar-refractivity contribution in [3.63, 3.8) is 0 Å². The predicted octanol–water partition coefficient (Wildman–Crippen LogP) is 1.32. The molecular formula is C10H8FN3O2. The summed E-state index contributed by atoms with van der Waals surface area (Å²) in [6, 6.07) is 3.77. The van der Waals surface area contributed by atoms with Gasteiger partial charge in [0.1, 0.15) is 17.2 Å². The lowest BCUT2D eigenvalue weighted by Gasteiger charge is -1.94. The fourth-order valence-electron chi connectivity index (χ4n) is 1.34. The van der Waals surface area contributed by atoms with Crippen molar-refractivity contribution in [2.45, 2.75) is 0 Å². The smallest absolute Gasteiger partial charge is 0.354 e. The fraction of sp³-hybridized carbons (Fsp3) is 0.100. The minimum Gasteiger partial charge on any atom is -0.477 e. The summed E-state index contributed by atoms with van der Waals surface area (Å²) in [6.45, 7) is 0. The van der Waals surface area contributed by atoms with Crippen LogP contribution in [0.4, 0.5) is 4.39 Å². The first-order valence-corrected chi connectivity index (χ1v) is 4.47. The zero-order chi connectivity index (χ0) is 11.7. The van der Waals surface area contributed by atoms with E-state index in [1.807, 2.05) is 0 Å². The number of rotatable bonds is 2. The van der Waals surface area contributed by atoms with Crippen molar-refractivity contribution in [2.75, 3.05) is 0 Å². The number of pyridine rings is 1. The third-order valence-corrected chi connectivity index (χ3v) is 2.08. The second-order valence-corrected chi connectivity index (χ2v) is 3.20. The third kappa shape index (κ3) is 1.77. The highest BCUT2D eigenvalue weighted by Gasteiger charge is 2.13. The summed E-state index contributed by atoms with van der Waals surface area (Å²) >= 11 is 0. The molecule has 82 valence electrons. The number of aromatic carboxylic acids is 1. The molecule has 0 atom stereocenters. The summed E-state index contributed by atoms with van der Waals surface area (Å²) in [6.07, 6.45) is 1.31. The largest absolute Gasteiger partial charge is 0.477 e. The minimum atomic E-state index is -1.09. The zero-order valence-corrected chi connectivity index (χ0v) is 8.38. The summed E-state index contributed by atoms with van der Waals surface area (Å²) in [5, 5.41) is 12.8. The van der Waals surface area contributed by atoms with E-state index >= 15 is 0 Å². The molecule has 0 aliphatic heterocycles. The van der Waals surface area contributed by atoms with Crippen molar-refractivity contribution in [2.24, 2.45) is 7.05 Å². The second kappa shape index (κ2) is 3.73. The highest BCUT2D eigenvalue weighted by Crippen LogP contribution is 2.16. The van der Waals surface area contributed by atoms with E-state index in [1.165, 1.54) is 36.1 Å². The predicted molar refractivity (Wildman–Crippen MR) is 53.4 cm³/mol. The Hall–Kier alpha value is -2.24. The average Bonchev–Trinajstić information content (AvgIpc) is 2.60. The quantitative estimate of drug-likeness (QED) is 0.830. The summed E-state index contributed by atoms with van der Waals surface area (Å²) in [7, 11) is 1.51. The van der Waals surface area contributed by atoms with Gasteiger partial charge in [0.2, 0.25) is 0 Å². The van der Waals surface area contributed by atoms with Crippen LogP contribution in [0.1, 0.15) is 10.5 Å². The van der Waals surface area contributed by atoms with E-state index < -0.39 is 11.8 Å². The lowest BCUT2D eigenvalue weighted by Crippen LogP contribution is -2.04. The Morgan fingerprint density at radius 3 is 2.75 bits per heavy atom. The summed E-state index contributed by atoms with van der Waals surface area (Å²) in [5.41, 5.74) is 0.670. The van der Waals surface area contributed by atoms with Crippen LogP contribution in [-0.2, 0) is 7.05 Å². The van der Waals surface area contributed by atoms with E-state index in [-0.39, 0.29) is 5.69 Å². The molecule has 0 saturated heterocycles. The van der Waals surface area contributed by atoms with Gasteiger partial charge in [-0.2, -0.15) is 5.10 Å². The molecule has 0 aliphatic carbocycles. The maximum absolute atomic E-state index is 12.9. The molecule has 2 rings (SSSR count). The van der Waals surface area contributed by atoms with Gasteiger partial charge in [-0.05, 0) is 6.07 Å². The van der Waals surface area contributed by atoms with Crippen LogP contribution in [0.25, 0.3) is 11.4 Å². The maximum Gasteiger partial charge on any atom is 0.354 e. The normalized spacial score (nSPS) is 10.4. The van der Waals surface area contributed by atoms with Gasteiger partial charge in [0.15, 0.2) is 0 Å². The van der Waals surface area contributed by atoms with Crippen molar-refractivity contribution >= 4 is 5.97 Å². The average molecular weight is 221 g/mol. The van der Waals surface area contributed by atoms with E-state index in [9.17, 15) is 9.18 Å². The van der Waals surface area contributed by atoms with Gasteiger partial charge in [-0.3, -0.25) is 9.67 Å². The van der Waals surface area contributed by atoms with Crippen LogP contribution >= 0.6 is 0 Å². The molecule has 0 saturated carbocycles. The number of nitrogens with zero attached hydrogens (tertiary/aromatic N) is 3. The van der Waals surface area contributed by atoms with Crippen molar-refractivity contribution < 1.29 is 14.3 Å². The van der Waals surface area contributed by atoms with E-state index in [2.05, 4.69) is 10.1 Å². The number of aromatic nitrogens is 3. The van der Waals surface area contributed by atoms with Crippen molar-refractivity contribution in [3.8, 4) is 11.4 Å². The molecule has 2 aromatic rings. The number of carboxylic acid groups (broad SMARTS) is 1. The van der Waals surface area contributed by atoms with Crippen LogP contribution in [-0.4, -0.2) is 25.8 Å². The SMILES string of the molecule is Cn1nc(-c2cc(F)ccn2)cc1C(=O)O. The maximum atomic E-state index is 12.9. The van der Waals surface area contributed by atoms with Gasteiger partial charge in [0, 0.05) is 25.4 Å². The van der Waals surface area contributed by atoms with Gasteiger partial charge in [-0.1, -0.05) is 0 Å². The monoisotopic (exact) mass is 221 g/mol. The molecule has 5 nitrogen and oxygen atoms in total. The molecule has 0 radical (unpaired) electrons.